The maximum absolute atomic E-state index is 12.8. The minimum Gasteiger partial charge on any atom is -0.481 e. The summed E-state index contributed by atoms with van der Waals surface area (Å²) in [7, 11) is 4.09. The summed E-state index contributed by atoms with van der Waals surface area (Å²) >= 11 is 11.5. The van der Waals surface area contributed by atoms with E-state index in [1.54, 1.807) is 0 Å². The van der Waals surface area contributed by atoms with Gasteiger partial charge in [0.25, 0.3) is 0 Å². The number of carbonyl (C=O) groups excluding carboxylic acids is 8. The summed E-state index contributed by atoms with van der Waals surface area (Å²) < 4.78 is 19.8. The maximum atomic E-state index is 12.8. The SMILES string of the molecule is N=S.NCCSC1CCC(SCCN)C1.[3H]C(P)C(=O)CCC(=O)CCC(=O)N[C@H](CCC(=O)O)C(=O)O.[3H]C(P)C(=O)CCC(=O)CCC(=O)N[C@H](CCC(C)=O)C(=O)CCCSC1CCC(SCCCC)C1. The third-order valence-electron chi connectivity index (χ3n) is 11.1. The molecule has 72 heavy (non-hydrogen) atoms. The van der Waals surface area contributed by atoms with E-state index in [1.807, 2.05) is 21.0 Å². The number of nitrogens with two attached hydrogens (primary N) is 2. The summed E-state index contributed by atoms with van der Waals surface area (Å²) in [6.07, 6.45) is 8.87. The summed E-state index contributed by atoms with van der Waals surface area (Å²) in [5.41, 5.74) is 11.0. The van der Waals surface area contributed by atoms with Crippen molar-refractivity contribution in [2.24, 2.45) is 11.5 Å². The Hall–Kier alpha value is -1.90. The lowest BCUT2D eigenvalue weighted by atomic mass is 10.0. The van der Waals surface area contributed by atoms with E-state index >= 15 is 0 Å². The van der Waals surface area contributed by atoms with Gasteiger partial charge in [-0.3, -0.25) is 38.4 Å². The fraction of sp³-hybridized carbons (Fsp3) is 0.792. The van der Waals surface area contributed by atoms with E-state index in [1.165, 1.54) is 64.0 Å². The van der Waals surface area contributed by atoms with Gasteiger partial charge in [0, 0.05) is 144 Å². The smallest absolute Gasteiger partial charge is 0.326 e. The number of thioether (sulfide) groups is 4. The number of carboxylic acid groups (broad SMARTS) is 2. The van der Waals surface area contributed by atoms with E-state index in [0.717, 1.165) is 52.5 Å². The van der Waals surface area contributed by atoms with Crippen molar-refractivity contribution >= 4 is 136 Å². The van der Waals surface area contributed by atoms with Crippen LogP contribution in [0.4, 0.5) is 0 Å². The minimum absolute atomic E-state index is 0.00490. The molecule has 9 N–H and O–H groups in total. The first-order valence-electron chi connectivity index (χ1n) is 25.8. The second kappa shape index (κ2) is 47.5. The van der Waals surface area contributed by atoms with Crippen LogP contribution < -0.4 is 22.1 Å². The van der Waals surface area contributed by atoms with E-state index < -0.39 is 60.3 Å². The highest BCUT2D eigenvalue weighted by atomic mass is 32.2. The Bertz CT molecular complexity index is 1700. The van der Waals surface area contributed by atoms with Crippen LogP contribution in [0.5, 0.6) is 0 Å². The van der Waals surface area contributed by atoms with Crippen molar-refractivity contribution < 1.29 is 60.9 Å². The largest absolute Gasteiger partial charge is 0.481 e. The fourth-order valence-electron chi connectivity index (χ4n) is 7.11. The Balaban J connectivity index is 0. The van der Waals surface area contributed by atoms with Gasteiger partial charge in [0.1, 0.15) is 35.0 Å². The van der Waals surface area contributed by atoms with Crippen LogP contribution in [0.3, 0.4) is 0 Å². The third-order valence-corrected chi connectivity index (χ3v) is 17.4. The normalized spacial score (nSPS) is 18.8. The van der Waals surface area contributed by atoms with E-state index in [4.69, 9.17) is 29.2 Å². The molecule has 2 amide bonds. The molecule has 2 aliphatic rings. The number of aliphatic carboxylic acids is 2. The summed E-state index contributed by atoms with van der Waals surface area (Å²) in [6.45, 7) is 5.33. The van der Waals surface area contributed by atoms with Gasteiger partial charge in [0.05, 0.1) is 6.04 Å². The Labute approximate surface area is 458 Å². The van der Waals surface area contributed by atoms with Gasteiger partial charge in [-0.2, -0.15) is 47.0 Å². The van der Waals surface area contributed by atoms with Crippen LogP contribution in [0.25, 0.3) is 0 Å². The summed E-state index contributed by atoms with van der Waals surface area (Å²) in [5, 5.41) is 25.4. The molecule has 0 aromatic carbocycles. The molecule has 0 spiro atoms. The molecule has 2 fully saturated rings. The summed E-state index contributed by atoms with van der Waals surface area (Å²) in [5.74, 6) is -0.560. The first kappa shape index (κ1) is 68.1. The number of nitrogens with one attached hydrogen (secondary N) is 3. The lowest BCUT2D eigenvalue weighted by Gasteiger charge is -2.17. The highest BCUT2D eigenvalue weighted by Crippen LogP contribution is 2.37. The van der Waals surface area contributed by atoms with Crippen LogP contribution in [-0.2, 0) is 60.4 Å². The number of Topliss-reactive ketones (excluding diaryl/α,β-unsaturated/α-hetero) is 6. The van der Waals surface area contributed by atoms with Crippen LogP contribution in [0.1, 0.15) is 158 Å². The first-order chi connectivity index (χ1) is 35.1. The van der Waals surface area contributed by atoms with Crippen molar-refractivity contribution in [3.05, 3.63) is 0 Å². The van der Waals surface area contributed by atoms with Gasteiger partial charge in [-0.15, -0.1) is 18.5 Å². The number of carbonyl (C=O) groups is 10. The van der Waals surface area contributed by atoms with Crippen LogP contribution >= 0.6 is 65.5 Å². The van der Waals surface area contributed by atoms with Gasteiger partial charge < -0.3 is 37.1 Å². The van der Waals surface area contributed by atoms with Gasteiger partial charge in [-0.1, -0.05) is 13.3 Å². The molecule has 2 saturated carbocycles. The number of amides is 2. The number of rotatable bonds is 39. The quantitative estimate of drug-likeness (QED) is 0.0254. The molecular weight excluding hydrogens is 1060 g/mol. The molecule has 0 radical (unpaired) electrons. The van der Waals surface area contributed by atoms with Gasteiger partial charge >= 0.3 is 11.9 Å². The second-order valence-electron chi connectivity index (χ2n) is 17.2. The molecule has 2 aliphatic carbocycles. The third kappa shape index (κ3) is 41.4. The zero-order valence-corrected chi connectivity index (χ0v) is 48.6. The molecular formula is C48H85N5O12P2S5. The van der Waals surface area contributed by atoms with Gasteiger partial charge in [0.15, 0.2) is 5.78 Å². The molecule has 0 heterocycles. The number of hydrogen-bond acceptors (Lipinski definition) is 18. The van der Waals surface area contributed by atoms with Crippen molar-refractivity contribution in [2.75, 3.05) is 48.4 Å². The second-order valence-corrected chi connectivity index (χ2v) is 23.5. The average molecular weight is 1150 g/mol. The predicted molar refractivity (Wildman–Crippen MR) is 304 cm³/mol. The van der Waals surface area contributed by atoms with Crippen LogP contribution in [0.15, 0.2) is 0 Å². The molecule has 0 aromatic heterocycles. The molecule has 8 unspecified atom stereocenters. The van der Waals surface area contributed by atoms with Crippen molar-refractivity contribution in [3.8, 4) is 0 Å². The monoisotopic (exact) mass is 1150 g/mol. The zero-order valence-electron chi connectivity index (χ0n) is 44.2. The van der Waals surface area contributed by atoms with E-state index in [9.17, 15) is 47.9 Å². The van der Waals surface area contributed by atoms with Crippen LogP contribution in [0.2, 0.25) is 0 Å². The van der Waals surface area contributed by atoms with Crippen LogP contribution in [-0.4, -0.2) is 150 Å². The van der Waals surface area contributed by atoms with Crippen LogP contribution in [0, 0.1) is 4.78 Å². The molecule has 24 heteroatoms. The molecule has 10 atom stereocenters. The molecule has 0 aromatic rings. The van der Waals surface area contributed by atoms with Crippen molar-refractivity contribution in [1.82, 2.24) is 10.6 Å². The predicted octanol–water partition coefficient (Wildman–Crippen LogP) is 6.53. The Morgan fingerprint density at radius 1 is 0.583 bits per heavy atom. The molecule has 17 nitrogen and oxygen atoms in total. The van der Waals surface area contributed by atoms with E-state index in [2.05, 4.69) is 74.5 Å². The fourth-order valence-corrected chi connectivity index (χ4v) is 12.7. The Morgan fingerprint density at radius 3 is 1.33 bits per heavy atom. The summed E-state index contributed by atoms with van der Waals surface area (Å²) in [4.78, 5) is 116. The Morgan fingerprint density at radius 2 is 0.958 bits per heavy atom. The highest BCUT2D eigenvalue weighted by Gasteiger charge is 2.27. The molecule has 0 aliphatic heterocycles. The average Bonchev–Trinajstić information content (AvgIpc) is 4.03. The van der Waals surface area contributed by atoms with Gasteiger partial charge in [-0.05, 0) is 82.6 Å². The standard InChI is InChI=1S/C26H44NO5PS2.C13H20NO7P.C9H20N2S2.HNS/c1-3-4-15-34-22-11-12-23(17-22)35-16-5-6-25(31)24(13-7-19(2)28)27-26(32)14-10-20(29)8-9-21(30)18-33;15-8(1-2-9(16)7-22)3-5-11(17)14-10(13(20)21)4-6-12(18)19;10-3-5-12-8-1-2-9(7-8)13-6-4-11;1-2/h22-24H,3-18,33H2,1-2H3,(H,27,32);10H,1-7,22H2,(H,14,17)(H,18,19)(H,20,21);8-9H,1-7,10-11H2;1H/t22?,23?,24-;10-;;/m11../s1/i18T;7T;;/t18?,22?,23?,24-;7?,10-;;. The number of ketones is 6. The van der Waals surface area contributed by atoms with E-state index in [-0.39, 0.29) is 99.5 Å². The van der Waals surface area contributed by atoms with Crippen molar-refractivity contribution in [3.63, 3.8) is 0 Å². The molecule has 0 bridgehead atoms. The number of carboxylic acids is 2. The minimum atomic E-state index is -1.35. The lowest BCUT2D eigenvalue weighted by molar-refractivity contribution is -0.143. The first-order valence-corrected chi connectivity index (χ1v) is 30.6. The lowest BCUT2D eigenvalue weighted by Crippen LogP contribution is -2.41. The summed E-state index contributed by atoms with van der Waals surface area (Å²) in [6, 6.07) is -2.04. The number of hydrogen-bond donors (Lipinski definition) is 7. The Kier molecular flexibility index (Phi) is 45.0. The molecule has 2 rings (SSSR count). The van der Waals surface area contributed by atoms with Crippen molar-refractivity contribution in [1.29, 1.82) is 4.78 Å². The number of unbranched alkanes of at least 4 members (excludes halogenated alkanes) is 1. The molecule has 0 saturated heterocycles. The van der Waals surface area contributed by atoms with Gasteiger partial charge in [0.2, 0.25) is 11.8 Å². The van der Waals surface area contributed by atoms with Crippen molar-refractivity contribution in [2.45, 2.75) is 188 Å². The topological polar surface area (TPSA) is 311 Å². The molecule has 414 valence electrons. The zero-order chi connectivity index (χ0) is 56.4. The highest BCUT2D eigenvalue weighted by molar-refractivity contribution is 8.01. The van der Waals surface area contributed by atoms with E-state index in [0.29, 0.717) is 11.7 Å². The van der Waals surface area contributed by atoms with Gasteiger partial charge in [-0.25, -0.2) is 9.57 Å². The maximum Gasteiger partial charge on any atom is 0.326 e.